The van der Waals surface area contributed by atoms with Crippen LogP contribution in [0.15, 0.2) is 60.7 Å². The lowest BCUT2D eigenvalue weighted by Crippen LogP contribution is -2.26. The van der Waals surface area contributed by atoms with Crippen LogP contribution < -0.4 is 4.74 Å². The molecule has 124 valence electrons. The maximum absolute atomic E-state index is 12.3. The van der Waals surface area contributed by atoms with Crippen LogP contribution in [0.3, 0.4) is 0 Å². The van der Waals surface area contributed by atoms with E-state index < -0.39 is 9.84 Å². The second kappa shape index (κ2) is 6.10. The van der Waals surface area contributed by atoms with Crippen molar-refractivity contribution in [3.05, 3.63) is 71.8 Å². The van der Waals surface area contributed by atoms with E-state index >= 15 is 0 Å². The molecule has 24 heavy (non-hydrogen) atoms. The molecule has 3 nitrogen and oxygen atoms in total. The number of ether oxygens (including phenoxy) is 1. The van der Waals surface area contributed by atoms with Crippen LogP contribution in [-0.4, -0.2) is 18.9 Å². The summed E-state index contributed by atoms with van der Waals surface area (Å²) >= 11 is 0. The van der Waals surface area contributed by atoms with Gasteiger partial charge in [-0.05, 0) is 36.5 Å². The summed E-state index contributed by atoms with van der Waals surface area (Å²) < 4.78 is 30.6. The summed E-state index contributed by atoms with van der Waals surface area (Å²) in [5.74, 6) is 0.825. The van der Waals surface area contributed by atoms with E-state index in [1.54, 1.807) is 0 Å². The number of hydrogen-bond acceptors (Lipinski definition) is 3. The van der Waals surface area contributed by atoms with Crippen LogP contribution in [-0.2, 0) is 16.4 Å². The van der Waals surface area contributed by atoms with Gasteiger partial charge in [-0.2, -0.15) is 0 Å². The van der Waals surface area contributed by atoms with Gasteiger partial charge in [0.1, 0.15) is 12.4 Å². The molecule has 2 bridgehead atoms. The second-order valence-electron chi connectivity index (χ2n) is 6.49. The summed E-state index contributed by atoms with van der Waals surface area (Å²) in [6.45, 7) is 0.510. The molecular weight excluding hydrogens is 320 g/mol. The first-order valence-corrected chi connectivity index (χ1v) is 9.95. The Balaban J connectivity index is 1.61. The van der Waals surface area contributed by atoms with E-state index in [-0.39, 0.29) is 10.5 Å². The monoisotopic (exact) mass is 340 g/mol. The molecule has 2 heterocycles. The number of rotatable bonds is 4. The first kappa shape index (κ1) is 15.5. The van der Waals surface area contributed by atoms with Crippen LogP contribution in [0.2, 0.25) is 0 Å². The van der Waals surface area contributed by atoms with Crippen molar-refractivity contribution in [2.75, 3.05) is 0 Å². The maximum atomic E-state index is 12.3. The minimum atomic E-state index is -2.96. The van der Waals surface area contributed by atoms with E-state index in [1.807, 2.05) is 60.7 Å². The van der Waals surface area contributed by atoms with E-state index in [0.717, 1.165) is 35.3 Å². The first-order valence-electron chi connectivity index (χ1n) is 8.34. The van der Waals surface area contributed by atoms with Gasteiger partial charge in [0.25, 0.3) is 0 Å². The van der Waals surface area contributed by atoms with Crippen molar-refractivity contribution in [3.8, 4) is 5.75 Å². The number of sulfone groups is 1. The number of fused-ring (bicyclic) bond motifs is 2. The lowest BCUT2D eigenvalue weighted by Gasteiger charge is -2.22. The molecule has 0 radical (unpaired) electrons. The van der Waals surface area contributed by atoms with Crippen LogP contribution in [0.1, 0.15) is 30.4 Å². The number of hydrogen-bond donors (Lipinski definition) is 0. The molecule has 4 rings (SSSR count). The molecule has 0 spiro atoms. The van der Waals surface area contributed by atoms with E-state index in [1.165, 1.54) is 0 Å². The molecule has 0 saturated carbocycles. The molecule has 2 aliphatic heterocycles. The minimum Gasteiger partial charge on any atom is -0.488 e. The summed E-state index contributed by atoms with van der Waals surface area (Å²) in [5.41, 5.74) is 3.26. The predicted molar refractivity (Wildman–Crippen MR) is 95.5 cm³/mol. The number of benzene rings is 2. The third-order valence-corrected chi connectivity index (χ3v) is 7.51. The van der Waals surface area contributed by atoms with Crippen LogP contribution in [0.4, 0.5) is 0 Å². The maximum Gasteiger partial charge on any atom is 0.159 e. The van der Waals surface area contributed by atoms with Crippen LogP contribution in [0.5, 0.6) is 5.75 Å². The SMILES string of the molecule is O=S1(=O)C2C=C(c3ccccc3OCc3ccccc3)CC1CC2. The molecule has 2 aromatic rings. The standard InChI is InChI=1S/C20H20O3S/c21-24(22)17-10-11-18(24)13-16(12-17)19-8-4-5-9-20(19)23-14-15-6-2-1-3-7-15/h1-9,12,17-18H,10-11,13-14H2. The van der Waals surface area contributed by atoms with Crippen molar-refractivity contribution >= 4 is 15.4 Å². The molecule has 2 aliphatic rings. The van der Waals surface area contributed by atoms with E-state index in [9.17, 15) is 8.42 Å². The molecule has 4 heteroatoms. The fourth-order valence-electron chi connectivity index (χ4n) is 3.65. The average molecular weight is 340 g/mol. The lowest BCUT2D eigenvalue weighted by atomic mass is 10.00. The van der Waals surface area contributed by atoms with Gasteiger partial charge in [-0.3, -0.25) is 0 Å². The predicted octanol–water partition coefficient (Wildman–Crippen LogP) is 4.00. The molecule has 0 N–H and O–H groups in total. The minimum absolute atomic E-state index is 0.218. The highest BCUT2D eigenvalue weighted by Crippen LogP contribution is 2.42. The van der Waals surface area contributed by atoms with Gasteiger partial charge in [0.15, 0.2) is 9.84 Å². The Kier molecular flexibility index (Phi) is 3.93. The molecule has 0 aliphatic carbocycles. The Morgan fingerprint density at radius 3 is 2.50 bits per heavy atom. The highest BCUT2D eigenvalue weighted by molar-refractivity contribution is 7.93. The zero-order valence-corrected chi connectivity index (χ0v) is 14.2. The second-order valence-corrected chi connectivity index (χ2v) is 8.94. The van der Waals surface area contributed by atoms with Crippen LogP contribution in [0.25, 0.3) is 5.57 Å². The zero-order chi connectivity index (χ0) is 16.6. The Hall–Kier alpha value is -2.07. The Morgan fingerprint density at radius 2 is 1.71 bits per heavy atom. The van der Waals surface area contributed by atoms with Crippen LogP contribution >= 0.6 is 0 Å². The molecular formula is C20H20O3S. The average Bonchev–Trinajstić information content (AvgIpc) is 2.79. The Morgan fingerprint density at radius 1 is 0.958 bits per heavy atom. The quantitative estimate of drug-likeness (QED) is 0.845. The van der Waals surface area contributed by atoms with Gasteiger partial charge in [-0.1, -0.05) is 54.6 Å². The van der Waals surface area contributed by atoms with E-state index in [2.05, 4.69) is 0 Å². The molecule has 2 atom stereocenters. The summed E-state index contributed by atoms with van der Waals surface area (Å²) in [6.07, 6.45) is 4.08. The number of allylic oxidation sites excluding steroid dienone is 1. The van der Waals surface area contributed by atoms with E-state index in [4.69, 9.17) is 4.74 Å². The lowest BCUT2D eigenvalue weighted by molar-refractivity contribution is 0.305. The van der Waals surface area contributed by atoms with Gasteiger partial charge in [-0.25, -0.2) is 8.42 Å². The van der Waals surface area contributed by atoms with Crippen LogP contribution in [0, 0.1) is 0 Å². The summed E-state index contributed by atoms with van der Waals surface area (Å²) in [7, 11) is -2.96. The Labute approximate surface area is 142 Å². The summed E-state index contributed by atoms with van der Waals surface area (Å²) in [5, 5.41) is -0.530. The smallest absolute Gasteiger partial charge is 0.159 e. The normalized spacial score (nSPS) is 24.4. The molecule has 1 saturated heterocycles. The molecule has 2 unspecified atom stereocenters. The Bertz CT molecular complexity index is 869. The van der Waals surface area contributed by atoms with E-state index in [0.29, 0.717) is 13.0 Å². The molecule has 0 aromatic heterocycles. The zero-order valence-electron chi connectivity index (χ0n) is 13.4. The van der Waals surface area contributed by atoms with Crippen molar-refractivity contribution in [1.29, 1.82) is 0 Å². The molecule has 0 amide bonds. The first-order chi connectivity index (χ1) is 11.6. The third kappa shape index (κ3) is 2.75. The summed E-state index contributed by atoms with van der Waals surface area (Å²) in [4.78, 5) is 0. The van der Waals surface area contributed by atoms with Gasteiger partial charge in [0, 0.05) is 5.56 Å². The topological polar surface area (TPSA) is 43.4 Å². The highest BCUT2D eigenvalue weighted by Gasteiger charge is 2.43. The molecule has 2 aromatic carbocycles. The third-order valence-electron chi connectivity index (χ3n) is 4.96. The van der Waals surface area contributed by atoms with Crippen molar-refractivity contribution in [3.63, 3.8) is 0 Å². The highest BCUT2D eigenvalue weighted by atomic mass is 32.2. The fraction of sp³-hybridized carbons (Fsp3) is 0.300. The van der Waals surface area contributed by atoms with Gasteiger partial charge >= 0.3 is 0 Å². The van der Waals surface area contributed by atoms with Crippen molar-refractivity contribution in [1.82, 2.24) is 0 Å². The fourth-order valence-corrected chi connectivity index (χ4v) is 5.84. The van der Waals surface area contributed by atoms with Gasteiger partial charge in [0.05, 0.1) is 10.5 Å². The molecule has 1 fully saturated rings. The number of para-hydroxylation sites is 1. The van der Waals surface area contributed by atoms with Crippen molar-refractivity contribution < 1.29 is 13.2 Å². The van der Waals surface area contributed by atoms with Crippen molar-refractivity contribution in [2.24, 2.45) is 0 Å². The summed E-state index contributed by atoms with van der Waals surface area (Å²) in [6, 6.07) is 18.0. The van der Waals surface area contributed by atoms with Gasteiger partial charge in [-0.15, -0.1) is 0 Å². The van der Waals surface area contributed by atoms with Gasteiger partial charge in [0.2, 0.25) is 0 Å². The largest absolute Gasteiger partial charge is 0.488 e. The van der Waals surface area contributed by atoms with Gasteiger partial charge < -0.3 is 4.74 Å². The van der Waals surface area contributed by atoms with Crippen molar-refractivity contribution in [2.45, 2.75) is 36.4 Å².